The second-order valence-electron chi connectivity index (χ2n) is 4.66. The largest absolute Gasteiger partial charge is 0.383 e. The van der Waals surface area contributed by atoms with Crippen molar-refractivity contribution in [1.82, 2.24) is 4.98 Å². The third kappa shape index (κ3) is 2.99. The molecule has 0 aliphatic carbocycles. The molecule has 0 aliphatic heterocycles. The van der Waals surface area contributed by atoms with Crippen LogP contribution in [0.1, 0.15) is 24.6 Å². The highest BCUT2D eigenvalue weighted by Gasteiger charge is 2.30. The zero-order valence-corrected chi connectivity index (χ0v) is 10.9. The molecule has 1 atom stereocenters. The summed E-state index contributed by atoms with van der Waals surface area (Å²) in [6.45, 7) is 1.70. The van der Waals surface area contributed by atoms with Crippen molar-refractivity contribution in [2.75, 3.05) is 0 Å². The minimum atomic E-state index is -1.47. The number of hydrogen-bond donors (Lipinski definition) is 1. The van der Waals surface area contributed by atoms with Gasteiger partial charge in [0, 0.05) is 6.42 Å². The number of nitrogens with zero attached hydrogens (tertiary/aromatic N) is 1. The van der Waals surface area contributed by atoms with Crippen LogP contribution in [0.15, 0.2) is 36.5 Å². The lowest BCUT2D eigenvalue weighted by atomic mass is 9.88. The van der Waals surface area contributed by atoms with Crippen LogP contribution in [0, 0.1) is 17.5 Å². The van der Waals surface area contributed by atoms with Crippen LogP contribution in [0.5, 0.6) is 0 Å². The van der Waals surface area contributed by atoms with Crippen LogP contribution < -0.4 is 0 Å². The molecular weight excluding hydrogens is 267 g/mol. The first kappa shape index (κ1) is 14.5. The van der Waals surface area contributed by atoms with Crippen molar-refractivity contribution in [3.8, 4) is 0 Å². The molecule has 20 heavy (non-hydrogen) atoms. The minimum Gasteiger partial charge on any atom is -0.383 e. The first-order valence-electron chi connectivity index (χ1n) is 6.23. The van der Waals surface area contributed by atoms with Crippen LogP contribution >= 0.6 is 0 Å². The average Bonchev–Trinajstić information content (AvgIpc) is 2.43. The summed E-state index contributed by atoms with van der Waals surface area (Å²) in [4.78, 5) is 3.83. The molecule has 0 saturated heterocycles. The Balaban J connectivity index is 2.36. The summed E-state index contributed by atoms with van der Waals surface area (Å²) in [7, 11) is 0. The predicted molar refractivity (Wildman–Crippen MR) is 68.4 cm³/mol. The van der Waals surface area contributed by atoms with Crippen molar-refractivity contribution >= 4 is 0 Å². The third-order valence-electron chi connectivity index (χ3n) is 3.28. The number of halogens is 3. The Morgan fingerprint density at radius 2 is 1.80 bits per heavy atom. The average molecular weight is 281 g/mol. The lowest BCUT2D eigenvalue weighted by Crippen LogP contribution is -2.29. The zero-order valence-electron chi connectivity index (χ0n) is 10.9. The number of pyridine rings is 1. The summed E-state index contributed by atoms with van der Waals surface area (Å²) >= 11 is 0. The molecule has 106 valence electrons. The fourth-order valence-corrected chi connectivity index (χ4v) is 2.04. The topological polar surface area (TPSA) is 33.1 Å². The molecule has 0 amide bonds. The molecule has 0 bridgehead atoms. The van der Waals surface area contributed by atoms with E-state index in [1.165, 1.54) is 12.1 Å². The molecule has 0 aliphatic rings. The Labute approximate surface area is 114 Å². The van der Waals surface area contributed by atoms with Crippen LogP contribution in [0.2, 0.25) is 0 Å². The molecular formula is C15H14F3NO. The van der Waals surface area contributed by atoms with Crippen LogP contribution in [0.25, 0.3) is 0 Å². The van der Waals surface area contributed by atoms with Crippen molar-refractivity contribution in [2.24, 2.45) is 0 Å². The van der Waals surface area contributed by atoms with Crippen LogP contribution in [0.4, 0.5) is 13.2 Å². The summed E-state index contributed by atoms with van der Waals surface area (Å²) in [5, 5.41) is 10.6. The van der Waals surface area contributed by atoms with E-state index in [4.69, 9.17) is 0 Å². The SMILES string of the molecule is CCC(O)(Cc1cc(F)ccc1F)c1ccc(F)cn1. The van der Waals surface area contributed by atoms with Gasteiger partial charge in [-0.3, -0.25) is 4.98 Å². The standard InChI is InChI=1S/C15H14F3NO/c1-2-15(20,14-6-4-12(17)9-19-14)8-10-7-11(16)3-5-13(10)18/h3-7,9,20H,2,8H2,1H3. The maximum atomic E-state index is 13.7. The number of aliphatic hydroxyl groups is 1. The van der Waals surface area contributed by atoms with Gasteiger partial charge in [-0.1, -0.05) is 6.92 Å². The summed E-state index contributed by atoms with van der Waals surface area (Å²) in [5.74, 6) is -1.70. The van der Waals surface area contributed by atoms with Gasteiger partial charge in [0.05, 0.1) is 11.9 Å². The van der Waals surface area contributed by atoms with Crippen molar-refractivity contribution in [3.05, 3.63) is 65.2 Å². The normalized spacial score (nSPS) is 14.1. The van der Waals surface area contributed by atoms with Gasteiger partial charge in [0.15, 0.2) is 0 Å². The summed E-state index contributed by atoms with van der Waals surface area (Å²) in [6.07, 6.45) is 1.09. The van der Waals surface area contributed by atoms with Crippen molar-refractivity contribution in [3.63, 3.8) is 0 Å². The van der Waals surface area contributed by atoms with E-state index in [1.807, 2.05) is 0 Å². The Morgan fingerprint density at radius 3 is 2.40 bits per heavy atom. The van der Waals surface area contributed by atoms with Gasteiger partial charge in [0.2, 0.25) is 0 Å². The van der Waals surface area contributed by atoms with Crippen molar-refractivity contribution in [2.45, 2.75) is 25.4 Å². The van der Waals surface area contributed by atoms with Gasteiger partial charge in [-0.2, -0.15) is 0 Å². The van der Waals surface area contributed by atoms with Crippen LogP contribution in [0.3, 0.4) is 0 Å². The lowest BCUT2D eigenvalue weighted by Gasteiger charge is -2.26. The molecule has 2 aromatic rings. The Bertz CT molecular complexity index is 601. The van der Waals surface area contributed by atoms with Crippen LogP contribution in [-0.2, 0) is 12.0 Å². The second kappa shape index (κ2) is 5.63. The predicted octanol–water partition coefficient (Wildman–Crippen LogP) is 3.34. The fraction of sp³-hybridized carbons (Fsp3) is 0.267. The quantitative estimate of drug-likeness (QED) is 0.932. The molecule has 1 unspecified atom stereocenters. The number of benzene rings is 1. The summed E-state index contributed by atoms with van der Waals surface area (Å²) in [5.41, 5.74) is -1.19. The van der Waals surface area contributed by atoms with E-state index in [9.17, 15) is 18.3 Å². The van der Waals surface area contributed by atoms with Crippen molar-refractivity contribution in [1.29, 1.82) is 0 Å². The van der Waals surface area contributed by atoms with E-state index in [1.54, 1.807) is 6.92 Å². The lowest BCUT2D eigenvalue weighted by molar-refractivity contribution is 0.0273. The van der Waals surface area contributed by atoms with Gasteiger partial charge >= 0.3 is 0 Å². The Kier molecular flexibility index (Phi) is 4.09. The van der Waals surface area contributed by atoms with Gasteiger partial charge in [-0.15, -0.1) is 0 Å². The van der Waals surface area contributed by atoms with E-state index in [2.05, 4.69) is 4.98 Å². The number of hydrogen-bond acceptors (Lipinski definition) is 2. The smallest absolute Gasteiger partial charge is 0.141 e. The Morgan fingerprint density at radius 1 is 1.10 bits per heavy atom. The maximum Gasteiger partial charge on any atom is 0.141 e. The maximum absolute atomic E-state index is 13.7. The van der Waals surface area contributed by atoms with Gasteiger partial charge in [-0.25, -0.2) is 13.2 Å². The van der Waals surface area contributed by atoms with E-state index in [-0.39, 0.29) is 24.1 Å². The van der Waals surface area contributed by atoms with E-state index in [0.29, 0.717) is 0 Å². The minimum absolute atomic E-state index is 0.0560. The zero-order chi connectivity index (χ0) is 14.8. The number of aromatic nitrogens is 1. The Hall–Kier alpha value is -1.88. The molecule has 0 fully saturated rings. The molecule has 1 N–H and O–H groups in total. The molecule has 2 rings (SSSR count). The first-order valence-corrected chi connectivity index (χ1v) is 6.23. The molecule has 1 aromatic carbocycles. The van der Waals surface area contributed by atoms with E-state index in [0.717, 1.165) is 24.4 Å². The monoisotopic (exact) mass is 281 g/mol. The van der Waals surface area contributed by atoms with Gasteiger partial charge in [0.1, 0.15) is 23.1 Å². The highest BCUT2D eigenvalue weighted by atomic mass is 19.1. The van der Waals surface area contributed by atoms with E-state index >= 15 is 0 Å². The van der Waals surface area contributed by atoms with Crippen LogP contribution in [-0.4, -0.2) is 10.1 Å². The molecule has 0 saturated carbocycles. The highest BCUT2D eigenvalue weighted by Crippen LogP contribution is 2.29. The molecule has 5 heteroatoms. The summed E-state index contributed by atoms with van der Waals surface area (Å²) in [6, 6.07) is 5.58. The van der Waals surface area contributed by atoms with E-state index < -0.39 is 23.1 Å². The van der Waals surface area contributed by atoms with Gasteiger partial charge in [-0.05, 0) is 42.3 Å². The second-order valence-corrected chi connectivity index (χ2v) is 4.66. The van der Waals surface area contributed by atoms with Gasteiger partial charge in [0.25, 0.3) is 0 Å². The van der Waals surface area contributed by atoms with Crippen molar-refractivity contribution < 1.29 is 18.3 Å². The number of rotatable bonds is 4. The highest BCUT2D eigenvalue weighted by molar-refractivity contribution is 5.24. The molecule has 0 spiro atoms. The summed E-state index contributed by atoms with van der Waals surface area (Å²) < 4.78 is 39.7. The van der Waals surface area contributed by atoms with Gasteiger partial charge < -0.3 is 5.11 Å². The molecule has 1 heterocycles. The molecule has 0 radical (unpaired) electrons. The molecule has 2 nitrogen and oxygen atoms in total. The fourth-order valence-electron chi connectivity index (χ4n) is 2.04. The first-order chi connectivity index (χ1) is 9.44. The molecule has 1 aromatic heterocycles. The third-order valence-corrected chi connectivity index (χ3v) is 3.28.